The minimum atomic E-state index is -0.272. The Morgan fingerprint density at radius 1 is 1.30 bits per heavy atom. The zero-order valence-electron chi connectivity index (χ0n) is 13.7. The van der Waals surface area contributed by atoms with Gasteiger partial charge in [-0.1, -0.05) is 24.3 Å². The fourth-order valence-electron chi connectivity index (χ4n) is 3.68. The number of halogens is 1. The first-order valence-corrected chi connectivity index (χ1v) is 8.39. The molecule has 1 unspecified atom stereocenters. The Balaban J connectivity index is 0.00000192. The van der Waals surface area contributed by atoms with Gasteiger partial charge >= 0.3 is 0 Å². The molecule has 2 aliphatic heterocycles. The number of hydrogen-bond donors (Lipinski definition) is 1. The van der Waals surface area contributed by atoms with Gasteiger partial charge in [-0.3, -0.25) is 4.79 Å². The summed E-state index contributed by atoms with van der Waals surface area (Å²) in [5.74, 6) is 0.173. The number of amides is 1. The van der Waals surface area contributed by atoms with Crippen molar-refractivity contribution in [2.75, 3.05) is 13.1 Å². The average molecular weight is 339 g/mol. The van der Waals surface area contributed by atoms with Gasteiger partial charge in [0.25, 0.3) is 5.91 Å². The molecule has 3 rings (SSSR count). The highest BCUT2D eigenvalue weighted by Crippen LogP contribution is 2.27. The minimum Gasteiger partial charge on any atom is -0.364 e. The van der Waals surface area contributed by atoms with Crippen molar-refractivity contribution >= 4 is 18.3 Å². The number of carbonyl (C=O) groups is 1. The van der Waals surface area contributed by atoms with E-state index >= 15 is 0 Å². The topological polar surface area (TPSA) is 55.6 Å². The molecule has 2 saturated heterocycles. The molecule has 3 atom stereocenters. The normalized spacial score (nSPS) is 27.0. The van der Waals surface area contributed by atoms with E-state index in [9.17, 15) is 4.79 Å². The second kappa shape index (κ2) is 8.13. The monoisotopic (exact) mass is 338 g/mol. The third-order valence-corrected chi connectivity index (χ3v) is 5.02. The summed E-state index contributed by atoms with van der Waals surface area (Å²) in [7, 11) is 0. The summed E-state index contributed by atoms with van der Waals surface area (Å²) >= 11 is 0. The molecule has 0 saturated carbocycles. The highest BCUT2D eigenvalue weighted by Gasteiger charge is 2.37. The van der Waals surface area contributed by atoms with Crippen LogP contribution >= 0.6 is 12.4 Å². The van der Waals surface area contributed by atoms with Crippen LogP contribution in [0.15, 0.2) is 24.3 Å². The average Bonchev–Trinajstić information content (AvgIpc) is 3.18. The van der Waals surface area contributed by atoms with Gasteiger partial charge in [-0.15, -0.1) is 12.4 Å². The number of rotatable bonds is 4. The van der Waals surface area contributed by atoms with Gasteiger partial charge in [0.05, 0.1) is 6.10 Å². The van der Waals surface area contributed by atoms with E-state index in [0.29, 0.717) is 12.6 Å². The lowest BCUT2D eigenvalue weighted by Gasteiger charge is -2.28. The summed E-state index contributed by atoms with van der Waals surface area (Å²) in [6.45, 7) is 3.52. The molecular formula is C18H27ClN2O2. The summed E-state index contributed by atoms with van der Waals surface area (Å²) in [6.07, 6.45) is 4.64. The van der Waals surface area contributed by atoms with E-state index in [1.807, 2.05) is 0 Å². The maximum absolute atomic E-state index is 12.8. The molecule has 2 aliphatic rings. The van der Waals surface area contributed by atoms with Crippen molar-refractivity contribution in [1.82, 2.24) is 4.90 Å². The lowest BCUT2D eigenvalue weighted by molar-refractivity contribution is -0.143. The smallest absolute Gasteiger partial charge is 0.251 e. The first-order chi connectivity index (χ1) is 10.7. The fourth-order valence-corrected chi connectivity index (χ4v) is 3.68. The minimum absolute atomic E-state index is 0. The first-order valence-electron chi connectivity index (χ1n) is 8.39. The maximum atomic E-state index is 12.8. The van der Waals surface area contributed by atoms with Gasteiger partial charge in [-0.25, -0.2) is 0 Å². The van der Waals surface area contributed by atoms with Crippen LogP contribution in [0.3, 0.4) is 0 Å². The third kappa shape index (κ3) is 4.06. The van der Waals surface area contributed by atoms with Gasteiger partial charge in [0.2, 0.25) is 0 Å². The second-order valence-corrected chi connectivity index (χ2v) is 6.52. The largest absolute Gasteiger partial charge is 0.364 e. The lowest BCUT2D eigenvalue weighted by Crippen LogP contribution is -2.43. The highest BCUT2D eigenvalue weighted by atomic mass is 35.5. The summed E-state index contributed by atoms with van der Waals surface area (Å²) < 4.78 is 5.79. The standard InChI is InChI=1S/C18H26N2O2.ClH/c1-13-5-2-3-6-14(13)11-15-7-4-10-20(15)18(21)17-9-8-16(12-19)22-17;/h2-3,5-6,15-17H,4,7-12,19H2,1H3;1H/t15?,16-,17+;/m1./s1. The molecular weight excluding hydrogens is 312 g/mol. The molecule has 0 bridgehead atoms. The molecule has 0 spiro atoms. The van der Waals surface area contributed by atoms with Gasteiger partial charge in [0.15, 0.2) is 0 Å². The van der Waals surface area contributed by atoms with Crippen LogP contribution in [0.2, 0.25) is 0 Å². The van der Waals surface area contributed by atoms with Crippen LogP contribution in [-0.2, 0) is 16.0 Å². The Kier molecular flexibility index (Phi) is 6.45. The molecule has 4 nitrogen and oxygen atoms in total. The van der Waals surface area contributed by atoms with E-state index in [2.05, 4.69) is 36.1 Å². The summed E-state index contributed by atoms with van der Waals surface area (Å²) in [6, 6.07) is 8.77. The van der Waals surface area contributed by atoms with Crippen molar-refractivity contribution < 1.29 is 9.53 Å². The number of carbonyl (C=O) groups excluding carboxylic acids is 1. The Hall–Kier alpha value is -1.10. The molecule has 0 aliphatic carbocycles. The molecule has 2 heterocycles. The first kappa shape index (κ1) is 18.2. The quantitative estimate of drug-likeness (QED) is 0.917. The molecule has 1 aromatic rings. The van der Waals surface area contributed by atoms with Gasteiger partial charge in [0, 0.05) is 19.1 Å². The fraction of sp³-hybridized carbons (Fsp3) is 0.611. The Bertz CT molecular complexity index is 538. The molecule has 5 heteroatoms. The zero-order valence-corrected chi connectivity index (χ0v) is 14.6. The van der Waals surface area contributed by atoms with Crippen molar-refractivity contribution in [1.29, 1.82) is 0 Å². The van der Waals surface area contributed by atoms with Crippen molar-refractivity contribution in [2.24, 2.45) is 5.73 Å². The molecule has 128 valence electrons. The Morgan fingerprint density at radius 3 is 2.78 bits per heavy atom. The van der Waals surface area contributed by atoms with Crippen molar-refractivity contribution in [3.8, 4) is 0 Å². The number of aryl methyl sites for hydroxylation is 1. The number of likely N-dealkylation sites (tertiary alicyclic amines) is 1. The molecule has 1 amide bonds. The van der Waals surface area contributed by atoms with Crippen LogP contribution in [0.4, 0.5) is 0 Å². The summed E-state index contributed by atoms with van der Waals surface area (Å²) in [5.41, 5.74) is 8.30. The summed E-state index contributed by atoms with van der Waals surface area (Å²) in [4.78, 5) is 14.8. The number of benzene rings is 1. The maximum Gasteiger partial charge on any atom is 0.251 e. The van der Waals surface area contributed by atoms with E-state index in [-0.39, 0.29) is 30.5 Å². The number of hydrogen-bond acceptors (Lipinski definition) is 3. The van der Waals surface area contributed by atoms with Gasteiger partial charge in [0.1, 0.15) is 6.10 Å². The van der Waals surface area contributed by atoms with Crippen LogP contribution in [0.5, 0.6) is 0 Å². The van der Waals surface area contributed by atoms with Crippen molar-refractivity contribution in [3.05, 3.63) is 35.4 Å². The van der Waals surface area contributed by atoms with Crippen LogP contribution in [0.25, 0.3) is 0 Å². The number of ether oxygens (including phenoxy) is 1. The van der Waals surface area contributed by atoms with E-state index in [0.717, 1.165) is 38.6 Å². The van der Waals surface area contributed by atoms with Gasteiger partial charge in [-0.05, 0) is 50.2 Å². The summed E-state index contributed by atoms with van der Waals surface area (Å²) in [5, 5.41) is 0. The van der Waals surface area contributed by atoms with Crippen LogP contribution < -0.4 is 5.73 Å². The van der Waals surface area contributed by atoms with E-state index in [1.165, 1.54) is 11.1 Å². The molecule has 0 aromatic heterocycles. The predicted molar refractivity (Wildman–Crippen MR) is 93.8 cm³/mol. The van der Waals surface area contributed by atoms with Crippen LogP contribution in [0, 0.1) is 6.92 Å². The highest BCUT2D eigenvalue weighted by molar-refractivity contribution is 5.85. The van der Waals surface area contributed by atoms with Crippen molar-refractivity contribution in [3.63, 3.8) is 0 Å². The lowest BCUT2D eigenvalue weighted by atomic mass is 9.99. The zero-order chi connectivity index (χ0) is 15.5. The molecule has 1 aromatic carbocycles. The molecule has 23 heavy (non-hydrogen) atoms. The van der Waals surface area contributed by atoms with E-state index in [4.69, 9.17) is 10.5 Å². The molecule has 0 radical (unpaired) electrons. The number of nitrogens with zero attached hydrogens (tertiary/aromatic N) is 1. The SMILES string of the molecule is Cc1ccccc1CC1CCCN1C(=O)[C@@H]1CC[C@H](CN)O1.Cl. The van der Waals surface area contributed by atoms with Gasteiger partial charge in [-0.2, -0.15) is 0 Å². The second-order valence-electron chi connectivity index (χ2n) is 6.52. The van der Waals surface area contributed by atoms with E-state index in [1.54, 1.807) is 0 Å². The Morgan fingerprint density at radius 2 is 2.09 bits per heavy atom. The van der Waals surface area contributed by atoms with Gasteiger partial charge < -0.3 is 15.4 Å². The van der Waals surface area contributed by atoms with E-state index < -0.39 is 0 Å². The molecule has 2 fully saturated rings. The predicted octanol–water partition coefficient (Wildman–Crippen LogP) is 2.46. The Labute approximate surface area is 144 Å². The number of nitrogens with two attached hydrogens (primary N) is 1. The third-order valence-electron chi connectivity index (χ3n) is 5.02. The van der Waals surface area contributed by atoms with Crippen LogP contribution in [-0.4, -0.2) is 42.1 Å². The van der Waals surface area contributed by atoms with Crippen molar-refractivity contribution in [2.45, 2.75) is 57.3 Å². The molecule has 2 N–H and O–H groups in total. The van der Waals surface area contributed by atoms with Crippen LogP contribution in [0.1, 0.15) is 36.8 Å².